The highest BCUT2D eigenvalue weighted by molar-refractivity contribution is 9.10. The van der Waals surface area contributed by atoms with Gasteiger partial charge in [-0.15, -0.1) is 6.42 Å². The number of hydrogen-bond donors (Lipinski definition) is 0. The third kappa shape index (κ3) is 4.63. The van der Waals surface area contributed by atoms with E-state index in [1.54, 1.807) is 30.6 Å². The Morgan fingerprint density at radius 2 is 2.06 bits per heavy atom. The van der Waals surface area contributed by atoms with Gasteiger partial charge < -0.3 is 9.47 Å². The van der Waals surface area contributed by atoms with Crippen molar-refractivity contribution in [3.63, 3.8) is 0 Å². The smallest absolute Gasteiger partial charge is 0.338 e. The number of benzene rings is 2. The lowest BCUT2D eigenvalue weighted by atomic mass is 9.96. The summed E-state index contributed by atoms with van der Waals surface area (Å²) in [5.41, 5.74) is 2.13. The molecular formula is C26H21BrN2O4S. The second-order valence-electron chi connectivity index (χ2n) is 7.39. The van der Waals surface area contributed by atoms with Crippen LogP contribution in [0, 0.1) is 12.3 Å². The molecule has 3 aromatic rings. The number of ether oxygens (including phenoxy) is 2. The number of fused-ring (bicyclic) bond motifs is 1. The van der Waals surface area contributed by atoms with E-state index in [4.69, 9.17) is 15.9 Å². The fourth-order valence-corrected chi connectivity index (χ4v) is 5.18. The highest BCUT2D eigenvalue weighted by Crippen LogP contribution is 2.30. The normalized spacial score (nSPS) is 15.4. The van der Waals surface area contributed by atoms with Crippen LogP contribution in [-0.2, 0) is 9.53 Å². The van der Waals surface area contributed by atoms with Gasteiger partial charge in [0.15, 0.2) is 4.80 Å². The molecule has 34 heavy (non-hydrogen) atoms. The van der Waals surface area contributed by atoms with E-state index in [1.165, 1.54) is 11.3 Å². The molecule has 0 saturated heterocycles. The summed E-state index contributed by atoms with van der Waals surface area (Å²) >= 11 is 4.72. The largest absolute Gasteiger partial charge is 0.480 e. The average molecular weight is 537 g/mol. The lowest BCUT2D eigenvalue weighted by Gasteiger charge is -2.24. The summed E-state index contributed by atoms with van der Waals surface area (Å²) in [5, 5.41) is 0. The van der Waals surface area contributed by atoms with E-state index >= 15 is 0 Å². The van der Waals surface area contributed by atoms with Crippen molar-refractivity contribution in [1.82, 2.24) is 4.57 Å². The van der Waals surface area contributed by atoms with Gasteiger partial charge in [0, 0.05) is 10.0 Å². The Kier molecular flexibility index (Phi) is 7.15. The molecule has 0 spiro atoms. The summed E-state index contributed by atoms with van der Waals surface area (Å²) in [7, 11) is 0. The molecule has 1 atom stereocenters. The van der Waals surface area contributed by atoms with E-state index in [1.807, 2.05) is 42.5 Å². The van der Waals surface area contributed by atoms with E-state index < -0.39 is 12.0 Å². The Morgan fingerprint density at radius 3 is 2.76 bits per heavy atom. The molecule has 8 heteroatoms. The number of halogens is 1. The van der Waals surface area contributed by atoms with E-state index in [0.717, 1.165) is 10.0 Å². The second kappa shape index (κ2) is 10.2. The first-order valence-corrected chi connectivity index (χ1v) is 12.2. The van der Waals surface area contributed by atoms with Crippen LogP contribution in [-0.4, -0.2) is 23.8 Å². The maximum absolute atomic E-state index is 13.7. The van der Waals surface area contributed by atoms with Gasteiger partial charge in [0.25, 0.3) is 5.56 Å². The van der Waals surface area contributed by atoms with Crippen LogP contribution in [0.4, 0.5) is 0 Å². The third-order valence-corrected chi connectivity index (χ3v) is 6.68. The summed E-state index contributed by atoms with van der Waals surface area (Å²) in [5.74, 6) is 2.53. The average Bonchev–Trinajstić information content (AvgIpc) is 3.12. The van der Waals surface area contributed by atoms with Crippen LogP contribution in [0.3, 0.4) is 0 Å². The van der Waals surface area contributed by atoms with E-state index in [2.05, 4.69) is 26.8 Å². The topological polar surface area (TPSA) is 69.9 Å². The molecule has 0 bridgehead atoms. The number of carbonyl (C=O) groups is 1. The lowest BCUT2D eigenvalue weighted by Crippen LogP contribution is -2.39. The maximum Gasteiger partial charge on any atom is 0.338 e. The van der Waals surface area contributed by atoms with Crippen molar-refractivity contribution < 1.29 is 14.3 Å². The Bertz CT molecular complexity index is 1500. The van der Waals surface area contributed by atoms with Gasteiger partial charge in [0.1, 0.15) is 12.4 Å². The second-order valence-corrected chi connectivity index (χ2v) is 9.31. The van der Waals surface area contributed by atoms with Crippen molar-refractivity contribution in [3.8, 4) is 18.1 Å². The van der Waals surface area contributed by atoms with E-state index in [9.17, 15) is 9.59 Å². The predicted molar refractivity (Wildman–Crippen MR) is 135 cm³/mol. The van der Waals surface area contributed by atoms with E-state index in [-0.39, 0.29) is 18.8 Å². The molecule has 2 aromatic carbocycles. The fraction of sp³-hybridized carbons (Fsp3) is 0.192. The van der Waals surface area contributed by atoms with Crippen LogP contribution in [0.15, 0.2) is 74.1 Å². The molecule has 2 heterocycles. The van der Waals surface area contributed by atoms with Crippen LogP contribution in [0.5, 0.6) is 5.75 Å². The van der Waals surface area contributed by atoms with Crippen LogP contribution in [0.2, 0.25) is 0 Å². The van der Waals surface area contributed by atoms with Gasteiger partial charge in [-0.3, -0.25) is 9.36 Å². The van der Waals surface area contributed by atoms with Gasteiger partial charge in [0.2, 0.25) is 0 Å². The van der Waals surface area contributed by atoms with Gasteiger partial charge >= 0.3 is 5.97 Å². The van der Waals surface area contributed by atoms with Crippen LogP contribution in [0.25, 0.3) is 6.08 Å². The van der Waals surface area contributed by atoms with Crippen molar-refractivity contribution in [2.24, 2.45) is 4.99 Å². The minimum absolute atomic E-state index is 0.111. The number of hydrogen-bond acceptors (Lipinski definition) is 6. The number of esters is 1. The summed E-state index contributed by atoms with van der Waals surface area (Å²) < 4.78 is 13.8. The summed E-state index contributed by atoms with van der Waals surface area (Å²) in [6.45, 7) is 3.85. The summed E-state index contributed by atoms with van der Waals surface area (Å²) in [6.07, 6.45) is 7.10. The number of nitrogens with zero attached hydrogens (tertiary/aromatic N) is 2. The van der Waals surface area contributed by atoms with Crippen molar-refractivity contribution in [2.75, 3.05) is 13.2 Å². The number of aromatic nitrogens is 1. The van der Waals surface area contributed by atoms with Crippen LogP contribution >= 0.6 is 27.3 Å². The molecule has 0 amide bonds. The summed E-state index contributed by atoms with van der Waals surface area (Å²) in [6, 6.07) is 14.3. The lowest BCUT2D eigenvalue weighted by molar-refractivity contribution is -0.139. The molecule has 0 radical (unpaired) electrons. The van der Waals surface area contributed by atoms with Gasteiger partial charge in [-0.1, -0.05) is 63.5 Å². The SMILES string of the molecule is C#CCOc1ccc(Br)cc1/C=c1\sc2n(c1=O)[C@H](c1ccccc1)C(C(=O)OCC)=C(C)N=2. The zero-order chi connectivity index (χ0) is 24.2. The zero-order valence-electron chi connectivity index (χ0n) is 18.6. The first kappa shape index (κ1) is 23.7. The van der Waals surface area contributed by atoms with Gasteiger partial charge in [-0.2, -0.15) is 0 Å². The quantitative estimate of drug-likeness (QED) is 0.356. The number of allylic oxidation sites excluding steroid dienone is 1. The molecule has 172 valence electrons. The molecule has 1 aliphatic heterocycles. The molecular weight excluding hydrogens is 516 g/mol. The van der Waals surface area contributed by atoms with Crippen molar-refractivity contribution in [2.45, 2.75) is 19.9 Å². The minimum atomic E-state index is -0.640. The zero-order valence-corrected chi connectivity index (χ0v) is 21.0. The standard InChI is InChI=1S/C26H21BrN2O4S/c1-4-13-33-20-12-11-19(27)14-18(20)15-21-24(30)29-23(17-9-7-6-8-10-17)22(25(31)32-5-2)16(3)28-26(29)34-21/h1,6-12,14-15,23H,5,13H2,2-3H3/b21-15-/t23-/m1/s1. The highest BCUT2D eigenvalue weighted by atomic mass is 79.9. The van der Waals surface area contributed by atoms with Gasteiger partial charge in [-0.05, 0) is 43.7 Å². The molecule has 1 aliphatic rings. The van der Waals surface area contributed by atoms with Crippen molar-refractivity contribution >= 4 is 39.3 Å². The molecule has 0 saturated carbocycles. The maximum atomic E-state index is 13.7. The number of rotatable bonds is 6. The number of carbonyl (C=O) groups excluding carboxylic acids is 1. The van der Waals surface area contributed by atoms with Gasteiger partial charge in [-0.25, -0.2) is 9.79 Å². The Morgan fingerprint density at radius 1 is 1.29 bits per heavy atom. The molecule has 1 aromatic heterocycles. The molecule has 4 rings (SSSR count). The summed E-state index contributed by atoms with van der Waals surface area (Å²) in [4.78, 5) is 31.7. The Balaban J connectivity index is 1.94. The number of terminal acetylenes is 1. The first-order valence-electron chi connectivity index (χ1n) is 10.5. The molecule has 0 fully saturated rings. The first-order chi connectivity index (χ1) is 16.4. The van der Waals surface area contributed by atoms with Crippen molar-refractivity contribution in [3.05, 3.63) is 95.1 Å². The van der Waals surface area contributed by atoms with Crippen LogP contribution < -0.4 is 19.6 Å². The third-order valence-electron chi connectivity index (χ3n) is 5.20. The van der Waals surface area contributed by atoms with Crippen molar-refractivity contribution in [1.29, 1.82) is 0 Å². The number of thiazole rings is 1. The molecule has 0 N–H and O–H groups in total. The predicted octanol–water partition coefficient (Wildman–Crippen LogP) is 3.57. The van der Waals surface area contributed by atoms with Gasteiger partial charge in [0.05, 0.1) is 28.5 Å². The molecule has 0 aliphatic carbocycles. The molecule has 0 unspecified atom stereocenters. The van der Waals surface area contributed by atoms with E-state index in [0.29, 0.717) is 31.9 Å². The Labute approximate surface area is 209 Å². The monoisotopic (exact) mass is 536 g/mol. The van der Waals surface area contributed by atoms with Crippen LogP contribution in [0.1, 0.15) is 31.0 Å². The Hall–Kier alpha value is -3.41. The fourth-order valence-electron chi connectivity index (χ4n) is 3.77. The highest BCUT2D eigenvalue weighted by Gasteiger charge is 2.33. The molecule has 6 nitrogen and oxygen atoms in total. The minimum Gasteiger partial charge on any atom is -0.480 e.